The van der Waals surface area contributed by atoms with Crippen LogP contribution in [0.3, 0.4) is 0 Å². The van der Waals surface area contributed by atoms with Gasteiger partial charge in [-0.05, 0) is 29.8 Å². The predicted octanol–water partition coefficient (Wildman–Crippen LogP) is 4.95. The number of fused-ring (bicyclic) bond motifs is 3. The lowest BCUT2D eigenvalue weighted by atomic mass is 10.1. The number of ether oxygens (including phenoxy) is 1. The number of carbonyl (C=O) groups is 2. The zero-order chi connectivity index (χ0) is 25.1. The highest BCUT2D eigenvalue weighted by atomic mass is 35.5. The quantitative estimate of drug-likeness (QED) is 0.480. The number of rotatable bonds is 7. The van der Waals surface area contributed by atoms with Crippen molar-refractivity contribution in [3.63, 3.8) is 0 Å². The number of amides is 2. The Morgan fingerprint density at radius 3 is 2.58 bits per heavy atom. The van der Waals surface area contributed by atoms with Crippen LogP contribution in [0.2, 0.25) is 5.02 Å². The van der Waals surface area contributed by atoms with Crippen LogP contribution in [-0.4, -0.2) is 40.9 Å². The SMILES string of the molecule is COc1ccccc1CNC(=O)CC1N=C2c3ccccc3N=C(SCc3ccccc3Cl)N2C1=O. The van der Waals surface area contributed by atoms with Gasteiger partial charge in [-0.2, -0.15) is 0 Å². The number of carbonyl (C=O) groups excluding carboxylic acids is 2. The molecule has 1 N–H and O–H groups in total. The number of nitrogens with zero attached hydrogens (tertiary/aromatic N) is 3. The first-order chi connectivity index (χ1) is 17.5. The molecule has 0 radical (unpaired) electrons. The summed E-state index contributed by atoms with van der Waals surface area (Å²) in [6, 6.07) is 21.8. The summed E-state index contributed by atoms with van der Waals surface area (Å²) in [4.78, 5) is 37.1. The van der Waals surface area contributed by atoms with E-state index in [2.05, 4.69) is 10.3 Å². The van der Waals surface area contributed by atoms with Crippen LogP contribution in [0.25, 0.3) is 0 Å². The smallest absolute Gasteiger partial charge is 0.259 e. The standard InChI is InChI=1S/C27H23ClN4O3S/c1-35-23-13-7-3-8-17(23)15-29-24(33)14-22-26(34)32-25(30-22)19-10-4-6-12-21(19)31-27(32)36-16-18-9-2-5-11-20(18)28/h2-13,22H,14-16H2,1H3,(H,29,33). The topological polar surface area (TPSA) is 83.4 Å². The van der Waals surface area contributed by atoms with Crippen molar-refractivity contribution in [2.24, 2.45) is 9.98 Å². The predicted molar refractivity (Wildman–Crippen MR) is 143 cm³/mol. The van der Waals surface area contributed by atoms with Gasteiger partial charge in [-0.3, -0.25) is 14.6 Å². The number of nitrogens with one attached hydrogen (secondary N) is 1. The fourth-order valence-electron chi connectivity index (χ4n) is 4.08. The molecule has 7 nitrogen and oxygen atoms in total. The van der Waals surface area contributed by atoms with E-state index in [9.17, 15) is 9.59 Å². The molecule has 9 heteroatoms. The van der Waals surface area contributed by atoms with E-state index in [1.807, 2.05) is 72.8 Å². The second kappa shape index (κ2) is 10.6. The Bertz CT molecular complexity index is 1390. The van der Waals surface area contributed by atoms with Crippen molar-refractivity contribution in [1.29, 1.82) is 0 Å². The molecule has 0 aromatic heterocycles. The van der Waals surface area contributed by atoms with Gasteiger partial charge in [0.05, 0.1) is 19.2 Å². The lowest BCUT2D eigenvalue weighted by molar-refractivity contribution is -0.128. The molecule has 5 rings (SSSR count). The Labute approximate surface area is 218 Å². The van der Waals surface area contributed by atoms with Gasteiger partial charge in [-0.25, -0.2) is 9.89 Å². The van der Waals surface area contributed by atoms with Crippen LogP contribution in [0.1, 0.15) is 23.1 Å². The summed E-state index contributed by atoms with van der Waals surface area (Å²) in [6.07, 6.45) is -0.0569. The Kier molecular flexibility index (Phi) is 7.06. The molecule has 36 heavy (non-hydrogen) atoms. The molecule has 3 aromatic carbocycles. The van der Waals surface area contributed by atoms with Gasteiger partial charge in [0.1, 0.15) is 17.6 Å². The highest BCUT2D eigenvalue weighted by Crippen LogP contribution is 2.35. The number of halogens is 1. The van der Waals surface area contributed by atoms with Gasteiger partial charge < -0.3 is 10.1 Å². The van der Waals surface area contributed by atoms with E-state index in [0.29, 0.717) is 34.1 Å². The maximum atomic E-state index is 13.4. The van der Waals surface area contributed by atoms with Crippen molar-refractivity contribution in [2.75, 3.05) is 7.11 Å². The fraction of sp³-hybridized carbons (Fsp3) is 0.185. The number of amidine groups is 2. The summed E-state index contributed by atoms with van der Waals surface area (Å²) in [7, 11) is 1.59. The molecule has 0 spiro atoms. The molecule has 0 saturated heterocycles. The number of thioether (sulfide) groups is 1. The first-order valence-corrected chi connectivity index (χ1v) is 12.8. The molecule has 0 bridgehead atoms. The Morgan fingerprint density at radius 1 is 1.06 bits per heavy atom. The molecule has 3 aromatic rings. The third kappa shape index (κ3) is 4.87. The molecule has 0 aliphatic carbocycles. The molecular formula is C27H23ClN4O3S. The number of aliphatic imine (C=N–C) groups is 2. The van der Waals surface area contributed by atoms with Crippen LogP contribution in [0, 0.1) is 0 Å². The Morgan fingerprint density at radius 2 is 1.78 bits per heavy atom. The van der Waals surface area contributed by atoms with Gasteiger partial charge in [0, 0.05) is 28.4 Å². The van der Waals surface area contributed by atoms with E-state index in [-0.39, 0.29) is 18.2 Å². The maximum absolute atomic E-state index is 13.4. The van der Waals surface area contributed by atoms with E-state index in [1.54, 1.807) is 7.11 Å². The molecular weight excluding hydrogens is 496 g/mol. The maximum Gasteiger partial charge on any atom is 0.259 e. The first kappa shape index (κ1) is 24.1. The van der Waals surface area contributed by atoms with Gasteiger partial charge in [0.2, 0.25) is 5.91 Å². The van der Waals surface area contributed by atoms with E-state index < -0.39 is 6.04 Å². The highest BCUT2D eigenvalue weighted by molar-refractivity contribution is 8.13. The Hall–Kier alpha value is -3.62. The minimum Gasteiger partial charge on any atom is -0.496 e. The Balaban J connectivity index is 1.33. The van der Waals surface area contributed by atoms with Crippen LogP contribution in [-0.2, 0) is 21.9 Å². The van der Waals surface area contributed by atoms with Crippen molar-refractivity contribution >= 4 is 51.9 Å². The number of hydrogen-bond donors (Lipinski definition) is 1. The molecule has 2 amide bonds. The number of hydrogen-bond acceptors (Lipinski definition) is 6. The van der Waals surface area contributed by atoms with Gasteiger partial charge in [0.25, 0.3) is 5.91 Å². The van der Waals surface area contributed by atoms with Crippen molar-refractivity contribution in [2.45, 2.75) is 24.8 Å². The summed E-state index contributed by atoms with van der Waals surface area (Å²) in [6.45, 7) is 0.299. The van der Waals surface area contributed by atoms with Gasteiger partial charge >= 0.3 is 0 Å². The van der Waals surface area contributed by atoms with Crippen molar-refractivity contribution < 1.29 is 14.3 Å². The van der Waals surface area contributed by atoms with Crippen LogP contribution < -0.4 is 10.1 Å². The van der Waals surface area contributed by atoms with E-state index in [4.69, 9.17) is 21.3 Å². The van der Waals surface area contributed by atoms with Crippen molar-refractivity contribution in [3.05, 3.63) is 94.5 Å². The number of para-hydroxylation sites is 2. The molecule has 0 saturated carbocycles. The van der Waals surface area contributed by atoms with E-state index in [1.165, 1.54) is 16.7 Å². The molecule has 2 aliphatic rings. The third-order valence-electron chi connectivity index (χ3n) is 5.91. The fourth-order valence-corrected chi connectivity index (χ4v) is 5.37. The molecule has 2 heterocycles. The van der Waals surface area contributed by atoms with Crippen LogP contribution >= 0.6 is 23.4 Å². The van der Waals surface area contributed by atoms with Crippen molar-refractivity contribution in [3.8, 4) is 5.75 Å². The highest BCUT2D eigenvalue weighted by Gasteiger charge is 2.42. The normalized spacial score (nSPS) is 16.1. The zero-order valence-corrected chi connectivity index (χ0v) is 21.1. The summed E-state index contributed by atoms with van der Waals surface area (Å²) in [5.74, 6) is 1.23. The molecule has 1 atom stereocenters. The molecule has 2 aliphatic heterocycles. The van der Waals surface area contributed by atoms with E-state index >= 15 is 0 Å². The number of methoxy groups -OCH3 is 1. The van der Waals surface area contributed by atoms with Crippen LogP contribution in [0.4, 0.5) is 5.69 Å². The van der Waals surface area contributed by atoms with Crippen molar-refractivity contribution in [1.82, 2.24) is 10.2 Å². The lowest BCUT2D eigenvalue weighted by Gasteiger charge is -2.25. The van der Waals surface area contributed by atoms with Gasteiger partial charge in [-0.15, -0.1) is 0 Å². The van der Waals surface area contributed by atoms with E-state index in [0.717, 1.165) is 22.4 Å². The lowest BCUT2D eigenvalue weighted by Crippen LogP contribution is -2.42. The number of benzene rings is 3. The molecule has 0 fully saturated rings. The second-order valence-electron chi connectivity index (χ2n) is 8.23. The summed E-state index contributed by atoms with van der Waals surface area (Å²) < 4.78 is 5.34. The minimum absolute atomic E-state index is 0.0569. The summed E-state index contributed by atoms with van der Waals surface area (Å²) >= 11 is 7.74. The largest absolute Gasteiger partial charge is 0.496 e. The second-order valence-corrected chi connectivity index (χ2v) is 9.58. The van der Waals surface area contributed by atoms with Gasteiger partial charge in [-0.1, -0.05) is 71.9 Å². The molecule has 1 unspecified atom stereocenters. The summed E-state index contributed by atoms with van der Waals surface area (Å²) in [5.41, 5.74) is 3.31. The average Bonchev–Trinajstić information content (AvgIpc) is 3.23. The average molecular weight is 519 g/mol. The monoisotopic (exact) mass is 518 g/mol. The van der Waals surface area contributed by atoms with Crippen LogP contribution in [0.5, 0.6) is 5.75 Å². The molecule has 182 valence electrons. The minimum atomic E-state index is -0.824. The third-order valence-corrected chi connectivity index (χ3v) is 7.27. The zero-order valence-electron chi connectivity index (χ0n) is 19.5. The summed E-state index contributed by atoms with van der Waals surface area (Å²) in [5, 5.41) is 4.06. The van der Waals surface area contributed by atoms with Gasteiger partial charge in [0.15, 0.2) is 5.17 Å². The first-order valence-electron chi connectivity index (χ1n) is 11.4. The van der Waals surface area contributed by atoms with Crippen LogP contribution in [0.15, 0.2) is 82.8 Å².